The molecule has 3 nitrogen and oxygen atoms in total. The SMILES string of the molecule is C/C1=C\[C@H](O)C/C(C)=C/C(=O)C[C@@](C)(O)/C=C/[C@H](C(C)C)CC1. The number of hydrogen-bond acceptors (Lipinski definition) is 3. The molecule has 0 aromatic rings. The normalized spacial score (nSPS) is 37.5. The first-order valence-electron chi connectivity index (χ1n) is 8.56. The molecule has 0 aliphatic heterocycles. The molecular weight excluding hydrogens is 288 g/mol. The molecule has 0 saturated carbocycles. The highest BCUT2D eigenvalue weighted by atomic mass is 16.3. The number of carbonyl (C=O) groups excluding carboxylic acids is 1. The summed E-state index contributed by atoms with van der Waals surface area (Å²) in [5.41, 5.74) is 0.872. The van der Waals surface area contributed by atoms with Crippen LogP contribution in [0.5, 0.6) is 0 Å². The Balaban J connectivity index is 3.08. The third-order valence-corrected chi connectivity index (χ3v) is 4.38. The van der Waals surface area contributed by atoms with Crippen molar-refractivity contribution < 1.29 is 15.0 Å². The van der Waals surface area contributed by atoms with Crippen molar-refractivity contribution in [1.29, 1.82) is 0 Å². The van der Waals surface area contributed by atoms with Gasteiger partial charge in [-0.3, -0.25) is 4.79 Å². The van der Waals surface area contributed by atoms with Gasteiger partial charge in [0.05, 0.1) is 11.7 Å². The predicted molar refractivity (Wildman–Crippen MR) is 95.1 cm³/mol. The van der Waals surface area contributed by atoms with Crippen LogP contribution in [0.25, 0.3) is 0 Å². The highest BCUT2D eigenvalue weighted by Crippen LogP contribution is 2.24. The molecule has 2 N–H and O–H groups in total. The lowest BCUT2D eigenvalue weighted by atomic mass is 9.86. The van der Waals surface area contributed by atoms with Crippen molar-refractivity contribution in [2.75, 3.05) is 0 Å². The van der Waals surface area contributed by atoms with Gasteiger partial charge in [0.25, 0.3) is 0 Å². The van der Waals surface area contributed by atoms with Gasteiger partial charge in [-0.15, -0.1) is 0 Å². The van der Waals surface area contributed by atoms with E-state index in [9.17, 15) is 15.0 Å². The Morgan fingerprint density at radius 3 is 2.52 bits per heavy atom. The largest absolute Gasteiger partial charge is 0.389 e. The van der Waals surface area contributed by atoms with Gasteiger partial charge < -0.3 is 10.2 Å². The molecule has 0 heterocycles. The summed E-state index contributed by atoms with van der Waals surface area (Å²) in [6.45, 7) is 9.88. The van der Waals surface area contributed by atoms with E-state index in [1.807, 2.05) is 26.0 Å². The van der Waals surface area contributed by atoms with E-state index in [2.05, 4.69) is 13.8 Å². The lowest BCUT2D eigenvalue weighted by Gasteiger charge is -2.22. The van der Waals surface area contributed by atoms with Crippen LogP contribution in [0.1, 0.15) is 60.3 Å². The highest BCUT2D eigenvalue weighted by Gasteiger charge is 2.22. The van der Waals surface area contributed by atoms with Crippen LogP contribution in [0.3, 0.4) is 0 Å². The van der Waals surface area contributed by atoms with Crippen molar-refractivity contribution in [3.8, 4) is 0 Å². The lowest BCUT2D eigenvalue weighted by molar-refractivity contribution is -0.117. The highest BCUT2D eigenvalue weighted by molar-refractivity contribution is 5.91. The lowest BCUT2D eigenvalue weighted by Crippen LogP contribution is -2.25. The van der Waals surface area contributed by atoms with Crippen LogP contribution in [0.4, 0.5) is 0 Å². The third kappa shape index (κ3) is 7.76. The monoisotopic (exact) mass is 320 g/mol. The quantitative estimate of drug-likeness (QED) is 0.719. The van der Waals surface area contributed by atoms with Crippen LogP contribution < -0.4 is 0 Å². The number of allylic oxidation sites excluding steroid dienone is 3. The molecule has 0 bridgehead atoms. The minimum absolute atomic E-state index is 0.0661. The number of aliphatic hydroxyl groups is 2. The second-order valence-electron chi connectivity index (χ2n) is 7.58. The van der Waals surface area contributed by atoms with E-state index in [0.717, 1.165) is 18.4 Å². The van der Waals surface area contributed by atoms with Crippen LogP contribution in [0.15, 0.2) is 35.5 Å². The second-order valence-corrected chi connectivity index (χ2v) is 7.58. The van der Waals surface area contributed by atoms with Crippen molar-refractivity contribution in [3.63, 3.8) is 0 Å². The van der Waals surface area contributed by atoms with Gasteiger partial charge in [0.1, 0.15) is 0 Å². The topological polar surface area (TPSA) is 57.5 Å². The predicted octanol–water partition coefficient (Wildman–Crippen LogP) is 3.96. The summed E-state index contributed by atoms with van der Waals surface area (Å²) in [5.74, 6) is 0.700. The zero-order chi connectivity index (χ0) is 17.6. The van der Waals surface area contributed by atoms with Crippen LogP contribution >= 0.6 is 0 Å². The summed E-state index contributed by atoms with van der Waals surface area (Å²) >= 11 is 0. The molecular formula is C20H32O3. The molecule has 130 valence electrons. The minimum Gasteiger partial charge on any atom is -0.389 e. The summed E-state index contributed by atoms with van der Waals surface area (Å²) in [6.07, 6.45) is 9.12. The van der Waals surface area contributed by atoms with Gasteiger partial charge >= 0.3 is 0 Å². The molecule has 1 rings (SSSR count). The minimum atomic E-state index is -1.13. The Morgan fingerprint density at radius 2 is 1.91 bits per heavy atom. The maximum Gasteiger partial charge on any atom is 0.158 e. The van der Waals surface area contributed by atoms with Gasteiger partial charge in [0.2, 0.25) is 0 Å². The maximum atomic E-state index is 12.1. The van der Waals surface area contributed by atoms with Crippen LogP contribution in [-0.4, -0.2) is 27.7 Å². The van der Waals surface area contributed by atoms with E-state index < -0.39 is 11.7 Å². The Labute approximate surface area is 140 Å². The fourth-order valence-electron chi connectivity index (χ4n) is 2.97. The molecule has 3 heteroatoms. The van der Waals surface area contributed by atoms with Gasteiger partial charge in [0.15, 0.2) is 5.78 Å². The van der Waals surface area contributed by atoms with Crippen molar-refractivity contribution in [2.24, 2.45) is 11.8 Å². The van der Waals surface area contributed by atoms with Gasteiger partial charge in [-0.1, -0.05) is 43.2 Å². The Hall–Kier alpha value is -1.19. The molecule has 0 aromatic heterocycles. The van der Waals surface area contributed by atoms with Gasteiger partial charge in [-0.2, -0.15) is 0 Å². The number of rotatable bonds is 1. The number of aliphatic hydroxyl groups excluding tert-OH is 1. The molecule has 0 radical (unpaired) electrons. The Morgan fingerprint density at radius 1 is 1.26 bits per heavy atom. The molecule has 23 heavy (non-hydrogen) atoms. The number of hydrogen-bond donors (Lipinski definition) is 2. The fraction of sp³-hybridized carbons (Fsp3) is 0.650. The molecule has 0 spiro atoms. The van der Waals surface area contributed by atoms with Gasteiger partial charge in [-0.25, -0.2) is 0 Å². The third-order valence-electron chi connectivity index (χ3n) is 4.38. The maximum absolute atomic E-state index is 12.1. The molecule has 0 amide bonds. The summed E-state index contributed by atoms with van der Waals surface area (Å²) in [4.78, 5) is 12.1. The zero-order valence-electron chi connectivity index (χ0n) is 15.2. The van der Waals surface area contributed by atoms with Gasteiger partial charge in [0, 0.05) is 6.42 Å². The van der Waals surface area contributed by atoms with Crippen molar-refractivity contribution >= 4 is 5.78 Å². The van der Waals surface area contributed by atoms with Crippen molar-refractivity contribution in [2.45, 2.75) is 72.0 Å². The second kappa shape index (κ2) is 8.60. The molecule has 0 fully saturated rings. The van der Waals surface area contributed by atoms with Crippen molar-refractivity contribution in [3.05, 3.63) is 35.5 Å². The molecule has 0 saturated heterocycles. The Kier molecular flexibility index (Phi) is 7.43. The summed E-state index contributed by atoms with van der Waals surface area (Å²) in [6, 6.07) is 0. The summed E-state index contributed by atoms with van der Waals surface area (Å²) in [7, 11) is 0. The van der Waals surface area contributed by atoms with Crippen LogP contribution in [-0.2, 0) is 4.79 Å². The first-order chi connectivity index (χ1) is 10.6. The molecule has 1 aliphatic carbocycles. The van der Waals surface area contributed by atoms with Crippen LogP contribution in [0.2, 0.25) is 0 Å². The average molecular weight is 320 g/mol. The van der Waals surface area contributed by atoms with E-state index in [0.29, 0.717) is 18.3 Å². The van der Waals surface area contributed by atoms with E-state index in [-0.39, 0.29) is 12.2 Å². The summed E-state index contributed by atoms with van der Waals surface area (Å²) in [5, 5.41) is 20.6. The van der Waals surface area contributed by atoms with Crippen molar-refractivity contribution in [1.82, 2.24) is 0 Å². The van der Waals surface area contributed by atoms with E-state index in [1.165, 1.54) is 5.57 Å². The smallest absolute Gasteiger partial charge is 0.158 e. The zero-order valence-corrected chi connectivity index (χ0v) is 15.2. The number of ketones is 1. The standard InChI is InChI=1S/C20H32O3/c1-14(2)17-7-6-15(3)10-18(21)11-16(4)12-19(22)13-20(5,23)9-8-17/h8-10,12,14,17-18,21,23H,6-7,11,13H2,1-5H3/b9-8+,15-10+,16-12+/t17-,18+,20+/m1/s1. The van der Waals surface area contributed by atoms with E-state index >= 15 is 0 Å². The Bertz CT molecular complexity index is 495. The van der Waals surface area contributed by atoms with E-state index in [1.54, 1.807) is 19.1 Å². The molecule has 3 atom stereocenters. The summed E-state index contributed by atoms with van der Waals surface area (Å²) < 4.78 is 0. The first kappa shape index (κ1) is 19.9. The first-order valence-corrected chi connectivity index (χ1v) is 8.56. The molecule has 1 aliphatic rings. The molecule has 0 aromatic carbocycles. The van der Waals surface area contributed by atoms with Crippen LogP contribution in [0, 0.1) is 11.8 Å². The fourth-order valence-corrected chi connectivity index (χ4v) is 2.97. The average Bonchev–Trinajstić information content (AvgIpc) is 2.35. The van der Waals surface area contributed by atoms with Gasteiger partial charge in [-0.05, 0) is 57.9 Å². The van der Waals surface area contributed by atoms with E-state index in [4.69, 9.17) is 0 Å². The molecule has 0 unspecified atom stereocenters. The number of carbonyl (C=O) groups is 1.